The van der Waals surface area contributed by atoms with Crippen LogP contribution in [0.2, 0.25) is 0 Å². The van der Waals surface area contributed by atoms with Crippen molar-refractivity contribution >= 4 is 12.0 Å². The Labute approximate surface area is 126 Å². The monoisotopic (exact) mass is 294 g/mol. The van der Waals surface area contributed by atoms with Gasteiger partial charge in [0.15, 0.2) is 0 Å². The van der Waals surface area contributed by atoms with E-state index in [0.717, 1.165) is 32.1 Å². The third-order valence-corrected chi connectivity index (χ3v) is 5.48. The first kappa shape index (κ1) is 14.7. The van der Waals surface area contributed by atoms with Crippen LogP contribution >= 0.6 is 0 Å². The second kappa shape index (κ2) is 4.62. The largest absolute Gasteiger partial charge is 0.444 e. The van der Waals surface area contributed by atoms with Crippen LogP contribution in [-0.4, -0.2) is 23.6 Å². The lowest BCUT2D eigenvalue weighted by Gasteiger charge is -2.58. The lowest BCUT2D eigenvalue weighted by Crippen LogP contribution is -2.62. The van der Waals surface area contributed by atoms with Crippen LogP contribution in [0.1, 0.15) is 52.9 Å². The molecular formula is C16H26N2O3. The minimum atomic E-state index is -0.482. The third-order valence-electron chi connectivity index (χ3n) is 5.48. The van der Waals surface area contributed by atoms with Crippen LogP contribution < -0.4 is 11.1 Å². The van der Waals surface area contributed by atoms with Crippen molar-refractivity contribution in [3.8, 4) is 0 Å². The molecule has 0 radical (unpaired) electrons. The summed E-state index contributed by atoms with van der Waals surface area (Å²) in [6.07, 6.45) is 4.48. The van der Waals surface area contributed by atoms with Crippen LogP contribution in [0.5, 0.6) is 0 Å². The van der Waals surface area contributed by atoms with E-state index in [2.05, 4.69) is 5.32 Å². The molecule has 0 aromatic rings. The number of hydrogen-bond acceptors (Lipinski definition) is 3. The fraction of sp³-hybridized carbons (Fsp3) is 0.875. The van der Waals surface area contributed by atoms with Gasteiger partial charge in [-0.3, -0.25) is 4.79 Å². The summed E-state index contributed by atoms with van der Waals surface area (Å²) in [6, 6.07) is 0.142. The van der Waals surface area contributed by atoms with E-state index in [1.807, 2.05) is 20.8 Å². The zero-order chi connectivity index (χ0) is 15.4. The quantitative estimate of drug-likeness (QED) is 0.819. The van der Waals surface area contributed by atoms with Gasteiger partial charge in [0.25, 0.3) is 0 Å². The SMILES string of the molecule is CC(C)(C)OC(=O)NC1C2CC3CC1CC(C(N)=O)(C3)C2. The molecule has 5 nitrogen and oxygen atoms in total. The van der Waals surface area contributed by atoms with Gasteiger partial charge in [0, 0.05) is 11.5 Å². The summed E-state index contributed by atoms with van der Waals surface area (Å²) in [6.45, 7) is 5.60. The second-order valence-electron chi connectivity index (χ2n) is 8.29. The van der Waals surface area contributed by atoms with Gasteiger partial charge in [0.1, 0.15) is 5.60 Å². The molecule has 4 saturated carbocycles. The molecule has 0 spiro atoms. The number of nitrogens with two attached hydrogens (primary N) is 1. The Balaban J connectivity index is 1.70. The van der Waals surface area contributed by atoms with Crippen molar-refractivity contribution in [1.29, 1.82) is 0 Å². The van der Waals surface area contributed by atoms with E-state index in [0.29, 0.717) is 17.8 Å². The molecule has 4 aliphatic rings. The number of amides is 2. The zero-order valence-corrected chi connectivity index (χ0v) is 13.1. The van der Waals surface area contributed by atoms with E-state index in [1.165, 1.54) is 0 Å². The van der Waals surface area contributed by atoms with Gasteiger partial charge in [-0.15, -0.1) is 0 Å². The van der Waals surface area contributed by atoms with Crippen molar-refractivity contribution in [2.24, 2.45) is 28.9 Å². The molecule has 4 rings (SSSR count). The highest BCUT2D eigenvalue weighted by atomic mass is 16.6. The fourth-order valence-electron chi connectivity index (χ4n) is 5.01. The number of carbonyl (C=O) groups is 2. The molecule has 0 saturated heterocycles. The van der Waals surface area contributed by atoms with Crippen LogP contribution in [0.25, 0.3) is 0 Å². The van der Waals surface area contributed by atoms with Gasteiger partial charge in [0.2, 0.25) is 5.91 Å². The molecule has 21 heavy (non-hydrogen) atoms. The summed E-state index contributed by atoms with van der Waals surface area (Å²) in [5.41, 5.74) is 4.89. The maximum Gasteiger partial charge on any atom is 0.407 e. The van der Waals surface area contributed by atoms with Crippen molar-refractivity contribution in [2.75, 3.05) is 0 Å². The second-order valence-corrected chi connectivity index (χ2v) is 8.29. The minimum absolute atomic E-state index is 0.141. The average Bonchev–Trinajstić information content (AvgIpc) is 2.30. The summed E-state index contributed by atoms with van der Waals surface area (Å²) < 4.78 is 5.37. The standard InChI is InChI=1S/C16H26N2O3/c1-15(2,3)21-14(20)18-12-10-4-9-5-11(12)8-16(6-9,7-10)13(17)19/h9-12H,4-8H2,1-3H3,(H2,17,19)(H,18,20). The van der Waals surface area contributed by atoms with Gasteiger partial charge in [-0.1, -0.05) is 0 Å². The number of rotatable bonds is 2. The lowest BCUT2D eigenvalue weighted by atomic mass is 9.47. The molecule has 2 amide bonds. The Morgan fingerprint density at radius 3 is 2.19 bits per heavy atom. The first-order chi connectivity index (χ1) is 9.68. The number of hydrogen-bond donors (Lipinski definition) is 2. The van der Waals surface area contributed by atoms with Crippen molar-refractivity contribution in [2.45, 2.75) is 64.5 Å². The average molecular weight is 294 g/mol. The third kappa shape index (κ3) is 2.62. The van der Waals surface area contributed by atoms with Gasteiger partial charge in [-0.2, -0.15) is 0 Å². The molecule has 118 valence electrons. The van der Waals surface area contributed by atoms with E-state index in [-0.39, 0.29) is 23.5 Å². The summed E-state index contributed by atoms with van der Waals surface area (Å²) in [4.78, 5) is 23.9. The van der Waals surface area contributed by atoms with Crippen LogP contribution in [0.3, 0.4) is 0 Å². The van der Waals surface area contributed by atoms with E-state index in [9.17, 15) is 9.59 Å². The molecular weight excluding hydrogens is 268 g/mol. The van der Waals surface area contributed by atoms with E-state index in [1.54, 1.807) is 0 Å². The molecule has 4 fully saturated rings. The Bertz CT molecular complexity index is 453. The molecule has 4 aliphatic carbocycles. The summed E-state index contributed by atoms with van der Waals surface area (Å²) >= 11 is 0. The first-order valence-corrected chi connectivity index (χ1v) is 7.98. The van der Waals surface area contributed by atoms with E-state index < -0.39 is 5.60 Å². The number of carbonyl (C=O) groups excluding carboxylic acids is 2. The smallest absolute Gasteiger partial charge is 0.407 e. The zero-order valence-electron chi connectivity index (χ0n) is 13.1. The number of alkyl carbamates (subject to hydrolysis) is 1. The highest BCUT2D eigenvalue weighted by Crippen LogP contribution is 2.59. The molecule has 5 heteroatoms. The molecule has 2 unspecified atom stereocenters. The Morgan fingerprint density at radius 1 is 1.14 bits per heavy atom. The fourth-order valence-corrected chi connectivity index (χ4v) is 5.01. The number of ether oxygens (including phenoxy) is 1. The molecule has 4 bridgehead atoms. The Hall–Kier alpha value is -1.26. The Kier molecular flexibility index (Phi) is 3.22. The molecule has 0 aromatic carbocycles. The van der Waals surface area contributed by atoms with Gasteiger partial charge >= 0.3 is 6.09 Å². The normalized spacial score (nSPS) is 40.9. The summed E-state index contributed by atoms with van der Waals surface area (Å²) in [7, 11) is 0. The van der Waals surface area contributed by atoms with E-state index in [4.69, 9.17) is 10.5 Å². The molecule has 0 aliphatic heterocycles. The van der Waals surface area contributed by atoms with Crippen LogP contribution in [0.4, 0.5) is 4.79 Å². The van der Waals surface area contributed by atoms with Gasteiger partial charge < -0.3 is 15.8 Å². The summed E-state index contributed by atoms with van der Waals surface area (Å²) in [5, 5.41) is 3.06. The van der Waals surface area contributed by atoms with Crippen LogP contribution in [0.15, 0.2) is 0 Å². The maximum absolute atomic E-state index is 12.0. The Morgan fingerprint density at radius 2 is 1.71 bits per heavy atom. The molecule has 2 atom stereocenters. The van der Waals surface area contributed by atoms with Gasteiger partial charge in [-0.05, 0) is 70.6 Å². The highest BCUT2D eigenvalue weighted by Gasteiger charge is 2.58. The molecule has 0 heterocycles. The van der Waals surface area contributed by atoms with Gasteiger partial charge in [0.05, 0.1) is 0 Å². The van der Waals surface area contributed by atoms with Crippen molar-refractivity contribution in [1.82, 2.24) is 5.32 Å². The number of nitrogens with one attached hydrogen (secondary N) is 1. The summed E-state index contributed by atoms with van der Waals surface area (Å²) in [5.74, 6) is 1.21. The highest BCUT2D eigenvalue weighted by molar-refractivity contribution is 5.81. The van der Waals surface area contributed by atoms with Gasteiger partial charge in [-0.25, -0.2) is 4.79 Å². The predicted octanol–water partition coefficient (Wildman–Crippen LogP) is 2.19. The first-order valence-electron chi connectivity index (χ1n) is 7.98. The maximum atomic E-state index is 12.0. The van der Waals surface area contributed by atoms with Crippen LogP contribution in [-0.2, 0) is 9.53 Å². The molecule has 0 aromatic heterocycles. The minimum Gasteiger partial charge on any atom is -0.444 e. The molecule has 3 N–H and O–H groups in total. The van der Waals surface area contributed by atoms with Crippen molar-refractivity contribution < 1.29 is 14.3 Å². The number of primary amides is 1. The van der Waals surface area contributed by atoms with Crippen molar-refractivity contribution in [3.63, 3.8) is 0 Å². The van der Waals surface area contributed by atoms with E-state index >= 15 is 0 Å². The van der Waals surface area contributed by atoms with Crippen molar-refractivity contribution in [3.05, 3.63) is 0 Å². The lowest BCUT2D eigenvalue weighted by molar-refractivity contribution is -0.145. The topological polar surface area (TPSA) is 81.4 Å². The van der Waals surface area contributed by atoms with Crippen LogP contribution in [0, 0.1) is 23.2 Å². The predicted molar refractivity (Wildman–Crippen MR) is 78.3 cm³/mol.